The summed E-state index contributed by atoms with van der Waals surface area (Å²) in [5.74, 6) is -0.451. The quantitative estimate of drug-likeness (QED) is 0.342. The number of rotatable bonds is 5. The van der Waals surface area contributed by atoms with Crippen molar-refractivity contribution in [3.05, 3.63) is 90.8 Å². The molecule has 1 aliphatic heterocycles. The predicted molar refractivity (Wildman–Crippen MR) is 110 cm³/mol. The molecule has 6 nitrogen and oxygen atoms in total. The van der Waals surface area contributed by atoms with Crippen molar-refractivity contribution in [2.75, 3.05) is 0 Å². The average molecular weight is 435 g/mol. The zero-order valence-electron chi connectivity index (χ0n) is 14.2. The van der Waals surface area contributed by atoms with Crippen molar-refractivity contribution in [3.63, 3.8) is 0 Å². The Morgan fingerprint density at radius 1 is 1.14 bits per heavy atom. The van der Waals surface area contributed by atoms with Crippen LogP contribution in [0.25, 0.3) is 6.08 Å². The molecule has 9 heteroatoms. The average Bonchev–Trinajstić information content (AvgIpc) is 2.91. The first-order valence-electron chi connectivity index (χ1n) is 7.96. The Hall–Kier alpha value is -2.61. The standard InChI is InChI=1S/C19H12Cl2N2O4S/c20-14-9-8-13(15(21)10-14)11-22-18(24)17(28-19(22)25)7-3-5-12-4-1-2-6-16(12)23(26)27/h1-10H,11H2/b5-3+,17-7-. The van der Waals surface area contributed by atoms with Gasteiger partial charge in [-0.1, -0.05) is 47.5 Å². The number of imide groups is 1. The summed E-state index contributed by atoms with van der Waals surface area (Å²) >= 11 is 12.8. The Labute approximate surface area is 174 Å². The van der Waals surface area contributed by atoms with Crippen LogP contribution in [0.15, 0.2) is 59.5 Å². The molecule has 1 aliphatic rings. The number of carbonyl (C=O) groups excluding carboxylic acids is 2. The number of hydrogen-bond acceptors (Lipinski definition) is 5. The fraction of sp³-hybridized carbons (Fsp3) is 0.0526. The Morgan fingerprint density at radius 3 is 2.61 bits per heavy atom. The fourth-order valence-electron chi connectivity index (χ4n) is 2.50. The SMILES string of the molecule is O=C1S/C(=C\C=C\c2ccccc2[N+](=O)[O-])C(=O)N1Cc1ccc(Cl)cc1Cl. The van der Waals surface area contributed by atoms with Crippen LogP contribution >= 0.6 is 35.0 Å². The molecule has 1 fully saturated rings. The van der Waals surface area contributed by atoms with Crippen LogP contribution < -0.4 is 0 Å². The van der Waals surface area contributed by atoms with Gasteiger partial charge in [0.25, 0.3) is 16.8 Å². The highest BCUT2D eigenvalue weighted by molar-refractivity contribution is 8.18. The maximum absolute atomic E-state index is 12.5. The third-order valence-corrected chi connectivity index (χ3v) is 5.39. The van der Waals surface area contributed by atoms with E-state index in [-0.39, 0.29) is 17.1 Å². The Kier molecular flexibility index (Phi) is 6.18. The highest BCUT2D eigenvalue weighted by Crippen LogP contribution is 2.33. The van der Waals surface area contributed by atoms with Gasteiger partial charge in [-0.25, -0.2) is 0 Å². The van der Waals surface area contributed by atoms with Gasteiger partial charge in [-0.2, -0.15) is 0 Å². The molecule has 3 rings (SSSR count). The van der Waals surface area contributed by atoms with Gasteiger partial charge in [0, 0.05) is 16.1 Å². The maximum atomic E-state index is 12.5. The van der Waals surface area contributed by atoms with E-state index in [0.717, 1.165) is 16.7 Å². The number of amides is 2. The number of carbonyl (C=O) groups is 2. The van der Waals surface area contributed by atoms with E-state index < -0.39 is 16.1 Å². The lowest BCUT2D eigenvalue weighted by atomic mass is 10.1. The normalized spacial score (nSPS) is 15.8. The van der Waals surface area contributed by atoms with Gasteiger partial charge in [0.15, 0.2) is 0 Å². The number of nitro benzene ring substituents is 1. The minimum absolute atomic E-state index is 0.0336. The Bertz CT molecular complexity index is 1040. The molecule has 1 saturated heterocycles. The molecule has 28 heavy (non-hydrogen) atoms. The smallest absolute Gasteiger partial charge is 0.268 e. The van der Waals surface area contributed by atoms with Crippen LogP contribution in [0.4, 0.5) is 10.5 Å². The number of halogens is 2. The molecule has 0 bridgehead atoms. The van der Waals surface area contributed by atoms with Gasteiger partial charge in [-0.15, -0.1) is 0 Å². The predicted octanol–water partition coefficient (Wildman–Crippen LogP) is 5.69. The number of allylic oxidation sites excluding steroid dienone is 2. The molecular weight excluding hydrogens is 423 g/mol. The number of nitrogens with zero attached hydrogens (tertiary/aromatic N) is 2. The van der Waals surface area contributed by atoms with Crippen molar-refractivity contribution >= 4 is 57.9 Å². The van der Waals surface area contributed by atoms with Crippen molar-refractivity contribution < 1.29 is 14.5 Å². The van der Waals surface area contributed by atoms with E-state index in [1.54, 1.807) is 36.4 Å². The summed E-state index contributed by atoms with van der Waals surface area (Å²) in [6.07, 6.45) is 4.49. The molecule has 0 radical (unpaired) electrons. The third-order valence-electron chi connectivity index (χ3n) is 3.87. The molecule has 2 aromatic carbocycles. The van der Waals surface area contributed by atoms with Gasteiger partial charge in [0.2, 0.25) is 0 Å². The van der Waals surface area contributed by atoms with E-state index in [2.05, 4.69) is 0 Å². The monoisotopic (exact) mass is 434 g/mol. The molecule has 1 heterocycles. The first-order chi connectivity index (χ1) is 13.4. The first-order valence-corrected chi connectivity index (χ1v) is 9.53. The Morgan fingerprint density at radius 2 is 1.89 bits per heavy atom. The summed E-state index contributed by atoms with van der Waals surface area (Å²) in [6.45, 7) is 0.0336. The number of nitro groups is 1. The summed E-state index contributed by atoms with van der Waals surface area (Å²) in [5, 5.41) is 11.4. The largest absolute Gasteiger partial charge is 0.293 e. The number of hydrogen-bond donors (Lipinski definition) is 0. The topological polar surface area (TPSA) is 80.5 Å². The lowest BCUT2D eigenvalue weighted by molar-refractivity contribution is -0.385. The van der Waals surface area contributed by atoms with Gasteiger partial charge < -0.3 is 0 Å². The van der Waals surface area contributed by atoms with Crippen LogP contribution in [-0.4, -0.2) is 21.0 Å². The third kappa shape index (κ3) is 4.44. The number of para-hydroxylation sites is 1. The van der Waals surface area contributed by atoms with Crippen molar-refractivity contribution in [1.82, 2.24) is 4.90 Å². The van der Waals surface area contributed by atoms with Crippen LogP contribution in [0.1, 0.15) is 11.1 Å². The first kappa shape index (κ1) is 20.1. The fourth-order valence-corrected chi connectivity index (χ4v) is 3.76. The number of thioether (sulfide) groups is 1. The van der Waals surface area contributed by atoms with E-state index in [1.165, 1.54) is 24.3 Å². The molecule has 2 amide bonds. The molecule has 2 aromatic rings. The molecule has 0 aromatic heterocycles. The zero-order chi connectivity index (χ0) is 20.3. The van der Waals surface area contributed by atoms with E-state index in [4.69, 9.17) is 23.2 Å². The molecule has 142 valence electrons. The van der Waals surface area contributed by atoms with Crippen molar-refractivity contribution in [3.8, 4) is 0 Å². The summed E-state index contributed by atoms with van der Waals surface area (Å²) in [5.41, 5.74) is 0.957. The minimum Gasteiger partial charge on any atom is -0.268 e. The molecule has 0 aliphatic carbocycles. The summed E-state index contributed by atoms with van der Waals surface area (Å²) in [6, 6.07) is 11.1. The van der Waals surface area contributed by atoms with Crippen LogP contribution in [0.2, 0.25) is 10.0 Å². The number of benzene rings is 2. The summed E-state index contributed by atoms with van der Waals surface area (Å²) < 4.78 is 0. The maximum Gasteiger partial charge on any atom is 0.293 e. The van der Waals surface area contributed by atoms with Gasteiger partial charge in [0.05, 0.1) is 21.9 Å². The molecule has 0 N–H and O–H groups in total. The van der Waals surface area contributed by atoms with Crippen LogP contribution in [-0.2, 0) is 11.3 Å². The second kappa shape index (κ2) is 8.60. The van der Waals surface area contributed by atoms with Gasteiger partial charge in [0.1, 0.15) is 0 Å². The van der Waals surface area contributed by atoms with Crippen LogP contribution in [0.3, 0.4) is 0 Å². The van der Waals surface area contributed by atoms with E-state index >= 15 is 0 Å². The zero-order valence-corrected chi connectivity index (χ0v) is 16.5. The van der Waals surface area contributed by atoms with Gasteiger partial charge in [-0.3, -0.25) is 24.6 Å². The van der Waals surface area contributed by atoms with E-state index in [0.29, 0.717) is 21.2 Å². The summed E-state index contributed by atoms with van der Waals surface area (Å²) in [7, 11) is 0. The molecular formula is C19H12Cl2N2O4S. The minimum atomic E-state index is -0.483. The van der Waals surface area contributed by atoms with Crippen LogP contribution in [0, 0.1) is 10.1 Å². The van der Waals surface area contributed by atoms with Crippen molar-refractivity contribution in [2.45, 2.75) is 6.54 Å². The van der Waals surface area contributed by atoms with Gasteiger partial charge >= 0.3 is 0 Å². The van der Waals surface area contributed by atoms with Crippen molar-refractivity contribution in [1.29, 1.82) is 0 Å². The lowest BCUT2D eigenvalue weighted by Crippen LogP contribution is -2.27. The highest BCUT2D eigenvalue weighted by Gasteiger charge is 2.35. The molecule has 0 unspecified atom stereocenters. The van der Waals surface area contributed by atoms with Gasteiger partial charge in [-0.05, 0) is 47.7 Å². The highest BCUT2D eigenvalue weighted by atomic mass is 35.5. The Balaban J connectivity index is 1.77. The molecule has 0 atom stereocenters. The van der Waals surface area contributed by atoms with E-state index in [9.17, 15) is 19.7 Å². The van der Waals surface area contributed by atoms with Crippen LogP contribution in [0.5, 0.6) is 0 Å². The van der Waals surface area contributed by atoms with Crippen molar-refractivity contribution in [2.24, 2.45) is 0 Å². The lowest BCUT2D eigenvalue weighted by Gasteiger charge is -2.13. The summed E-state index contributed by atoms with van der Waals surface area (Å²) in [4.78, 5) is 36.6. The molecule has 0 saturated carbocycles. The second-order valence-corrected chi connectivity index (χ2v) is 7.54. The molecule has 0 spiro atoms. The second-order valence-electron chi connectivity index (χ2n) is 5.70. The van der Waals surface area contributed by atoms with E-state index in [1.807, 2.05) is 0 Å².